The van der Waals surface area contributed by atoms with E-state index in [1.165, 1.54) is 12.8 Å². The van der Waals surface area contributed by atoms with E-state index in [-0.39, 0.29) is 11.6 Å². The third kappa shape index (κ3) is 5.32. The smallest absolute Gasteiger partial charge is 0.315 e. The van der Waals surface area contributed by atoms with Crippen LogP contribution in [0, 0.1) is 5.92 Å². The van der Waals surface area contributed by atoms with Crippen molar-refractivity contribution in [3.63, 3.8) is 0 Å². The summed E-state index contributed by atoms with van der Waals surface area (Å²) in [6, 6.07) is 9.78. The lowest BCUT2D eigenvalue weighted by Crippen LogP contribution is -2.55. The molecule has 2 amide bonds. The molecule has 0 radical (unpaired) electrons. The second-order valence-corrected chi connectivity index (χ2v) is 8.16. The molecule has 0 aliphatic carbocycles. The summed E-state index contributed by atoms with van der Waals surface area (Å²) in [6.45, 7) is 10.1. The fourth-order valence-corrected chi connectivity index (χ4v) is 3.62. The van der Waals surface area contributed by atoms with E-state index in [2.05, 4.69) is 41.4 Å². The van der Waals surface area contributed by atoms with E-state index in [0.717, 1.165) is 30.3 Å². The van der Waals surface area contributed by atoms with Crippen LogP contribution in [0.5, 0.6) is 0 Å². The van der Waals surface area contributed by atoms with E-state index in [0.29, 0.717) is 13.1 Å². The van der Waals surface area contributed by atoms with Gasteiger partial charge in [0.15, 0.2) is 0 Å². The summed E-state index contributed by atoms with van der Waals surface area (Å²) in [7, 11) is 0. The molecular formula is C21H31N5O. The minimum atomic E-state index is -0.127. The Kier molecular flexibility index (Phi) is 6.16. The molecule has 0 bridgehead atoms. The normalized spacial score (nSPS) is 18.3. The van der Waals surface area contributed by atoms with Crippen LogP contribution in [0.3, 0.4) is 0 Å². The molecule has 0 spiro atoms. The molecule has 1 aromatic carbocycles. The van der Waals surface area contributed by atoms with Crippen LogP contribution >= 0.6 is 0 Å². The SMILES string of the molecule is CC1CCCN(C(C)(C)CNC(=O)NCc2cccc(-n3cccn3)c2)C1. The molecular weight excluding hydrogens is 338 g/mol. The summed E-state index contributed by atoms with van der Waals surface area (Å²) in [5.41, 5.74) is 1.99. The van der Waals surface area contributed by atoms with Crippen LogP contribution in [-0.2, 0) is 6.54 Å². The van der Waals surface area contributed by atoms with Gasteiger partial charge in [-0.1, -0.05) is 19.1 Å². The molecule has 27 heavy (non-hydrogen) atoms. The first kappa shape index (κ1) is 19.4. The van der Waals surface area contributed by atoms with Gasteiger partial charge in [0, 0.05) is 37.6 Å². The Morgan fingerprint density at radius 2 is 2.15 bits per heavy atom. The van der Waals surface area contributed by atoms with Gasteiger partial charge >= 0.3 is 6.03 Å². The molecule has 1 aliphatic rings. The highest BCUT2D eigenvalue weighted by Gasteiger charge is 2.30. The molecule has 2 N–H and O–H groups in total. The second kappa shape index (κ2) is 8.57. The molecule has 1 aromatic heterocycles. The molecule has 1 fully saturated rings. The number of carbonyl (C=O) groups excluding carboxylic acids is 1. The second-order valence-electron chi connectivity index (χ2n) is 8.16. The number of hydrogen-bond donors (Lipinski definition) is 2. The van der Waals surface area contributed by atoms with Crippen molar-refractivity contribution in [2.45, 2.75) is 45.7 Å². The maximum absolute atomic E-state index is 12.3. The van der Waals surface area contributed by atoms with Crippen LogP contribution in [0.2, 0.25) is 0 Å². The summed E-state index contributed by atoms with van der Waals surface area (Å²) in [4.78, 5) is 14.8. The van der Waals surface area contributed by atoms with E-state index in [1.807, 2.05) is 41.2 Å². The number of carbonyl (C=O) groups is 1. The van der Waals surface area contributed by atoms with Crippen molar-refractivity contribution >= 4 is 6.03 Å². The maximum atomic E-state index is 12.3. The molecule has 0 saturated carbocycles. The highest BCUT2D eigenvalue weighted by Crippen LogP contribution is 2.23. The quantitative estimate of drug-likeness (QED) is 0.822. The van der Waals surface area contributed by atoms with E-state index in [1.54, 1.807) is 6.20 Å². The Balaban J connectivity index is 1.48. The molecule has 1 saturated heterocycles. The summed E-state index contributed by atoms with van der Waals surface area (Å²) >= 11 is 0. The number of rotatable bonds is 6. The van der Waals surface area contributed by atoms with Crippen LogP contribution in [0.15, 0.2) is 42.7 Å². The van der Waals surface area contributed by atoms with Gasteiger partial charge in [0.25, 0.3) is 0 Å². The average Bonchev–Trinajstić information content (AvgIpc) is 3.20. The fraction of sp³-hybridized carbons (Fsp3) is 0.524. The van der Waals surface area contributed by atoms with Gasteiger partial charge in [0.05, 0.1) is 5.69 Å². The van der Waals surface area contributed by atoms with E-state index < -0.39 is 0 Å². The van der Waals surface area contributed by atoms with Gasteiger partial charge in [0.2, 0.25) is 0 Å². The summed E-state index contributed by atoms with van der Waals surface area (Å²) in [6.07, 6.45) is 6.20. The van der Waals surface area contributed by atoms with Gasteiger partial charge in [-0.25, -0.2) is 9.48 Å². The predicted molar refractivity (Wildman–Crippen MR) is 108 cm³/mol. The van der Waals surface area contributed by atoms with E-state index in [9.17, 15) is 4.79 Å². The van der Waals surface area contributed by atoms with Crippen molar-refractivity contribution in [3.05, 3.63) is 48.3 Å². The van der Waals surface area contributed by atoms with Crippen molar-refractivity contribution in [2.24, 2.45) is 5.92 Å². The fourth-order valence-electron chi connectivity index (χ4n) is 3.62. The molecule has 2 aromatic rings. The number of piperidine rings is 1. The lowest BCUT2D eigenvalue weighted by Gasteiger charge is -2.43. The Morgan fingerprint density at radius 1 is 1.30 bits per heavy atom. The first-order valence-electron chi connectivity index (χ1n) is 9.80. The minimum Gasteiger partial charge on any atom is -0.336 e. The highest BCUT2D eigenvalue weighted by atomic mass is 16.2. The zero-order chi connectivity index (χ0) is 19.3. The van der Waals surface area contributed by atoms with Crippen molar-refractivity contribution < 1.29 is 4.79 Å². The lowest BCUT2D eigenvalue weighted by atomic mass is 9.93. The third-order valence-corrected chi connectivity index (χ3v) is 5.33. The van der Waals surface area contributed by atoms with Crippen LogP contribution in [-0.4, -0.2) is 45.9 Å². The Labute approximate surface area is 161 Å². The summed E-state index contributed by atoms with van der Waals surface area (Å²) in [5.74, 6) is 0.730. The van der Waals surface area contributed by atoms with Crippen molar-refractivity contribution in [2.75, 3.05) is 19.6 Å². The molecule has 146 valence electrons. The number of urea groups is 1. The molecule has 6 nitrogen and oxygen atoms in total. The van der Waals surface area contributed by atoms with E-state index in [4.69, 9.17) is 0 Å². The van der Waals surface area contributed by atoms with Gasteiger partial charge in [-0.3, -0.25) is 4.90 Å². The number of amides is 2. The van der Waals surface area contributed by atoms with Gasteiger partial charge in [-0.05, 0) is 62.9 Å². The lowest BCUT2D eigenvalue weighted by molar-refractivity contribution is 0.0724. The van der Waals surface area contributed by atoms with Crippen molar-refractivity contribution in [3.8, 4) is 5.69 Å². The van der Waals surface area contributed by atoms with Gasteiger partial charge in [-0.2, -0.15) is 5.10 Å². The van der Waals surface area contributed by atoms with Crippen LogP contribution in [0.4, 0.5) is 4.79 Å². The van der Waals surface area contributed by atoms with Gasteiger partial charge in [-0.15, -0.1) is 0 Å². The first-order valence-corrected chi connectivity index (χ1v) is 9.80. The van der Waals surface area contributed by atoms with Crippen LogP contribution < -0.4 is 10.6 Å². The van der Waals surface area contributed by atoms with Crippen LogP contribution in [0.1, 0.15) is 39.2 Å². The zero-order valence-corrected chi connectivity index (χ0v) is 16.6. The largest absolute Gasteiger partial charge is 0.336 e. The topological polar surface area (TPSA) is 62.2 Å². The van der Waals surface area contributed by atoms with Gasteiger partial charge in [0.1, 0.15) is 0 Å². The van der Waals surface area contributed by atoms with Crippen molar-refractivity contribution in [1.82, 2.24) is 25.3 Å². The summed E-state index contributed by atoms with van der Waals surface area (Å²) < 4.78 is 1.81. The summed E-state index contributed by atoms with van der Waals surface area (Å²) in [5, 5.41) is 10.2. The monoisotopic (exact) mass is 369 g/mol. The number of aromatic nitrogens is 2. The van der Waals surface area contributed by atoms with Crippen molar-refractivity contribution in [1.29, 1.82) is 0 Å². The van der Waals surface area contributed by atoms with E-state index >= 15 is 0 Å². The van der Waals surface area contributed by atoms with Crippen LogP contribution in [0.25, 0.3) is 5.69 Å². The van der Waals surface area contributed by atoms with Gasteiger partial charge < -0.3 is 10.6 Å². The Morgan fingerprint density at radius 3 is 2.89 bits per heavy atom. The number of nitrogens with zero attached hydrogens (tertiary/aromatic N) is 3. The third-order valence-electron chi connectivity index (χ3n) is 5.33. The Hall–Kier alpha value is -2.34. The predicted octanol–water partition coefficient (Wildman–Crippen LogP) is 3.18. The zero-order valence-electron chi connectivity index (χ0n) is 16.6. The number of benzene rings is 1. The average molecular weight is 370 g/mol. The molecule has 6 heteroatoms. The molecule has 1 unspecified atom stereocenters. The number of hydrogen-bond acceptors (Lipinski definition) is 3. The number of likely N-dealkylation sites (tertiary alicyclic amines) is 1. The molecule has 1 aliphatic heterocycles. The highest BCUT2D eigenvalue weighted by molar-refractivity contribution is 5.73. The standard InChI is InChI=1S/C21H31N5O/c1-17-7-5-11-25(15-17)21(2,3)16-23-20(27)22-14-18-8-4-9-19(13-18)26-12-6-10-24-26/h4,6,8-10,12-13,17H,5,7,11,14-16H2,1-3H3,(H2,22,23,27). The maximum Gasteiger partial charge on any atom is 0.315 e. The Bertz CT molecular complexity index is 741. The minimum absolute atomic E-state index is 0.0357. The molecule has 2 heterocycles. The molecule has 3 rings (SSSR count). The first-order chi connectivity index (χ1) is 12.9. The number of nitrogens with one attached hydrogen (secondary N) is 2. The molecule has 1 atom stereocenters.